The minimum Gasteiger partial charge on any atom is -0.487 e. The minimum absolute atomic E-state index is 0.0915. The summed E-state index contributed by atoms with van der Waals surface area (Å²) in [6, 6.07) is 23.5. The molecule has 5 nitrogen and oxygen atoms in total. The highest BCUT2D eigenvalue weighted by molar-refractivity contribution is 5.79. The molecule has 0 aromatic heterocycles. The molecule has 0 aliphatic heterocycles. The zero-order valence-electron chi connectivity index (χ0n) is 17.0. The molecule has 0 saturated heterocycles. The molecular weight excluding hydrogens is 380 g/mol. The van der Waals surface area contributed by atoms with Gasteiger partial charge in [-0.15, -0.1) is 0 Å². The maximum absolute atomic E-state index is 12.5. The van der Waals surface area contributed by atoms with E-state index in [9.17, 15) is 9.59 Å². The fraction of sp³-hybridized carbons (Fsp3) is 0.200. The summed E-state index contributed by atoms with van der Waals surface area (Å²) >= 11 is 0. The summed E-state index contributed by atoms with van der Waals surface area (Å²) in [6.45, 7) is 3.73. The van der Waals surface area contributed by atoms with Crippen molar-refractivity contribution in [2.45, 2.75) is 32.8 Å². The first-order valence-electron chi connectivity index (χ1n) is 9.80. The molecule has 0 aliphatic rings. The monoisotopic (exact) mass is 404 g/mol. The second-order valence-corrected chi connectivity index (χ2v) is 7.02. The third-order valence-electron chi connectivity index (χ3n) is 4.13. The zero-order valence-corrected chi connectivity index (χ0v) is 17.0. The average Bonchev–Trinajstić information content (AvgIpc) is 2.71. The van der Waals surface area contributed by atoms with Gasteiger partial charge in [-0.25, -0.2) is 0 Å². The summed E-state index contributed by atoms with van der Waals surface area (Å²) in [7, 11) is 0. The Labute approximate surface area is 176 Å². The molecule has 154 valence electrons. The molecule has 30 heavy (non-hydrogen) atoms. The largest absolute Gasteiger partial charge is 0.487 e. The molecule has 0 aliphatic carbocycles. The van der Waals surface area contributed by atoms with E-state index in [2.05, 4.69) is 0 Å². The molecule has 5 heteroatoms. The van der Waals surface area contributed by atoms with Crippen molar-refractivity contribution < 1.29 is 23.8 Å². The van der Waals surface area contributed by atoms with E-state index < -0.39 is 11.9 Å². The Kier molecular flexibility index (Phi) is 7.22. The highest BCUT2D eigenvalue weighted by Gasteiger charge is 2.20. The molecule has 3 aromatic rings. The summed E-state index contributed by atoms with van der Waals surface area (Å²) in [5.74, 6) is -0.329. The number of ether oxygens (including phenoxy) is 3. The average molecular weight is 404 g/mol. The molecule has 0 unspecified atom stereocenters. The van der Waals surface area contributed by atoms with Crippen LogP contribution in [-0.2, 0) is 22.4 Å². The lowest BCUT2D eigenvalue weighted by Crippen LogP contribution is -2.16. The van der Waals surface area contributed by atoms with Gasteiger partial charge < -0.3 is 14.2 Å². The van der Waals surface area contributed by atoms with Gasteiger partial charge in [-0.05, 0) is 37.1 Å². The van der Waals surface area contributed by atoms with Crippen molar-refractivity contribution in [1.29, 1.82) is 0 Å². The van der Waals surface area contributed by atoms with Gasteiger partial charge in [0.2, 0.25) is 5.75 Å². The summed E-state index contributed by atoms with van der Waals surface area (Å²) in [4.78, 5) is 25.0. The van der Waals surface area contributed by atoms with Crippen molar-refractivity contribution in [1.82, 2.24) is 0 Å². The molecule has 0 spiro atoms. The van der Waals surface area contributed by atoms with Crippen LogP contribution < -0.4 is 14.2 Å². The third-order valence-corrected chi connectivity index (χ3v) is 4.13. The fourth-order valence-corrected chi connectivity index (χ4v) is 2.86. The van der Waals surface area contributed by atoms with Crippen LogP contribution in [0.1, 0.15) is 25.0 Å². The number of benzene rings is 3. The number of esters is 2. The second kappa shape index (κ2) is 10.3. The normalized spacial score (nSPS) is 10.5. The third kappa shape index (κ3) is 6.21. The fourth-order valence-electron chi connectivity index (χ4n) is 2.86. The van der Waals surface area contributed by atoms with Gasteiger partial charge in [0.1, 0.15) is 0 Å². The molecule has 0 atom stereocenters. The molecule has 0 bridgehead atoms. The van der Waals surface area contributed by atoms with Crippen LogP contribution in [0, 0.1) is 0 Å². The van der Waals surface area contributed by atoms with E-state index in [1.807, 2.05) is 74.5 Å². The number of para-hydroxylation sites is 1. The van der Waals surface area contributed by atoms with Crippen molar-refractivity contribution in [3.05, 3.63) is 90.0 Å². The maximum Gasteiger partial charge on any atom is 0.315 e. The number of rotatable bonds is 8. The summed E-state index contributed by atoms with van der Waals surface area (Å²) < 4.78 is 16.9. The number of carbonyl (C=O) groups excluding carboxylic acids is 2. The van der Waals surface area contributed by atoms with Gasteiger partial charge in [0.25, 0.3) is 0 Å². The standard InChI is InChI=1S/C25H24O5/c1-18(2)28-21-14-9-15-22(29-23(26)16-19-10-5-3-6-11-19)25(21)30-24(27)17-20-12-7-4-8-13-20/h3-15,18H,16-17H2,1-2H3. The van der Waals surface area contributed by atoms with Crippen LogP contribution >= 0.6 is 0 Å². The Morgan fingerprint density at radius 2 is 1.17 bits per heavy atom. The van der Waals surface area contributed by atoms with Gasteiger partial charge in [-0.1, -0.05) is 66.7 Å². The van der Waals surface area contributed by atoms with Gasteiger partial charge in [0.15, 0.2) is 11.5 Å². The first-order chi connectivity index (χ1) is 14.5. The van der Waals surface area contributed by atoms with E-state index in [0.717, 1.165) is 11.1 Å². The van der Waals surface area contributed by atoms with E-state index in [4.69, 9.17) is 14.2 Å². The van der Waals surface area contributed by atoms with Crippen molar-refractivity contribution in [2.75, 3.05) is 0 Å². The van der Waals surface area contributed by atoms with Crippen LogP contribution in [0.5, 0.6) is 17.2 Å². The lowest BCUT2D eigenvalue weighted by Gasteiger charge is -2.17. The first kappa shape index (κ1) is 21.1. The highest BCUT2D eigenvalue weighted by atomic mass is 16.6. The van der Waals surface area contributed by atoms with E-state index in [-0.39, 0.29) is 30.4 Å². The van der Waals surface area contributed by atoms with Crippen molar-refractivity contribution >= 4 is 11.9 Å². The van der Waals surface area contributed by atoms with Gasteiger partial charge in [0.05, 0.1) is 18.9 Å². The van der Waals surface area contributed by atoms with E-state index in [1.165, 1.54) is 0 Å². The highest BCUT2D eigenvalue weighted by Crippen LogP contribution is 2.38. The van der Waals surface area contributed by atoms with E-state index in [1.54, 1.807) is 18.2 Å². The Morgan fingerprint density at radius 3 is 1.70 bits per heavy atom. The lowest BCUT2D eigenvalue weighted by molar-refractivity contribution is -0.136. The van der Waals surface area contributed by atoms with Crippen LogP contribution in [0.15, 0.2) is 78.9 Å². The summed E-state index contributed by atoms with van der Waals surface area (Å²) in [5, 5.41) is 0. The summed E-state index contributed by atoms with van der Waals surface area (Å²) in [5.41, 5.74) is 1.66. The van der Waals surface area contributed by atoms with Gasteiger partial charge in [-0.3, -0.25) is 9.59 Å². The van der Waals surface area contributed by atoms with Crippen LogP contribution in [-0.4, -0.2) is 18.0 Å². The Bertz CT molecular complexity index is 981. The molecule has 0 saturated carbocycles. The van der Waals surface area contributed by atoms with Crippen LogP contribution in [0.4, 0.5) is 0 Å². The molecule has 0 amide bonds. The Balaban J connectivity index is 1.79. The number of hydrogen-bond acceptors (Lipinski definition) is 5. The quantitative estimate of drug-likeness (QED) is 0.400. The topological polar surface area (TPSA) is 61.8 Å². The molecule has 0 N–H and O–H groups in total. The Morgan fingerprint density at radius 1 is 0.667 bits per heavy atom. The minimum atomic E-state index is -0.471. The molecule has 0 heterocycles. The smallest absolute Gasteiger partial charge is 0.315 e. The molecule has 3 aromatic carbocycles. The predicted molar refractivity (Wildman–Crippen MR) is 114 cm³/mol. The van der Waals surface area contributed by atoms with Crippen LogP contribution in [0.3, 0.4) is 0 Å². The zero-order chi connectivity index (χ0) is 21.3. The lowest BCUT2D eigenvalue weighted by atomic mass is 10.1. The van der Waals surface area contributed by atoms with Gasteiger partial charge in [0, 0.05) is 0 Å². The van der Waals surface area contributed by atoms with E-state index >= 15 is 0 Å². The number of hydrogen-bond donors (Lipinski definition) is 0. The van der Waals surface area contributed by atoms with Crippen LogP contribution in [0.2, 0.25) is 0 Å². The van der Waals surface area contributed by atoms with Gasteiger partial charge in [-0.2, -0.15) is 0 Å². The molecule has 0 radical (unpaired) electrons. The predicted octanol–water partition coefficient (Wildman–Crippen LogP) is 4.77. The second-order valence-electron chi connectivity index (χ2n) is 7.02. The maximum atomic E-state index is 12.5. The molecular formula is C25H24O5. The van der Waals surface area contributed by atoms with Crippen LogP contribution in [0.25, 0.3) is 0 Å². The molecule has 3 rings (SSSR count). The van der Waals surface area contributed by atoms with Gasteiger partial charge >= 0.3 is 11.9 Å². The van der Waals surface area contributed by atoms with Crippen molar-refractivity contribution in [2.24, 2.45) is 0 Å². The SMILES string of the molecule is CC(C)Oc1cccc(OC(=O)Cc2ccccc2)c1OC(=O)Cc1ccccc1. The first-order valence-corrected chi connectivity index (χ1v) is 9.80. The van der Waals surface area contributed by atoms with Crippen molar-refractivity contribution in [3.8, 4) is 17.2 Å². The summed E-state index contributed by atoms with van der Waals surface area (Å²) in [6.07, 6.45) is 0.0498. The van der Waals surface area contributed by atoms with Crippen molar-refractivity contribution in [3.63, 3.8) is 0 Å². The molecule has 0 fully saturated rings. The number of carbonyl (C=O) groups is 2. The Hall–Kier alpha value is -3.60. The van der Waals surface area contributed by atoms with E-state index in [0.29, 0.717) is 5.75 Å².